The van der Waals surface area contributed by atoms with Crippen molar-refractivity contribution >= 4 is 23.7 Å². The maximum Gasteiger partial charge on any atom is 0.316 e. The van der Waals surface area contributed by atoms with Gasteiger partial charge in [-0.25, -0.2) is 4.79 Å². The number of carbonyl (C=O) groups excluding carboxylic acids is 2. The zero-order valence-corrected chi connectivity index (χ0v) is 14.2. The molecule has 0 unspecified atom stereocenters. The lowest BCUT2D eigenvalue weighted by Gasteiger charge is -2.13. The topological polar surface area (TPSA) is 103 Å². The van der Waals surface area contributed by atoms with Crippen LogP contribution < -0.4 is 25.8 Å². The van der Waals surface area contributed by atoms with Crippen molar-refractivity contribution in [3.8, 4) is 11.5 Å². The molecule has 0 fully saturated rings. The van der Waals surface area contributed by atoms with E-state index in [9.17, 15) is 9.59 Å². The molecule has 1 atom stereocenters. The van der Waals surface area contributed by atoms with Crippen LogP contribution in [0.2, 0.25) is 0 Å². The highest BCUT2D eigenvalue weighted by Gasteiger charge is 2.12. The molecule has 134 valence electrons. The lowest BCUT2D eigenvalue weighted by atomic mass is 10.1. The number of hydrogen-bond donors (Lipinski definition) is 3. The van der Waals surface area contributed by atoms with Gasteiger partial charge in [-0.05, 0) is 48.4 Å². The van der Waals surface area contributed by atoms with Crippen LogP contribution >= 0.6 is 0 Å². The predicted molar refractivity (Wildman–Crippen MR) is 97.8 cm³/mol. The lowest BCUT2D eigenvalue weighted by molar-refractivity contribution is -0.117. The van der Waals surface area contributed by atoms with E-state index in [-0.39, 0.29) is 18.7 Å². The van der Waals surface area contributed by atoms with Crippen LogP contribution in [0.25, 0.3) is 6.08 Å². The van der Waals surface area contributed by atoms with Gasteiger partial charge in [-0.3, -0.25) is 4.79 Å². The van der Waals surface area contributed by atoms with Gasteiger partial charge in [0.2, 0.25) is 12.7 Å². The first-order chi connectivity index (χ1) is 12.5. The fraction of sp³-hybridized carbons (Fsp3) is 0.158. The first-order valence-electron chi connectivity index (χ1n) is 8.06. The SMILES string of the molecule is C[C@H](NC(=O)/C=C/c1ccc2c(c1)OCO2)c1ccc(NC(N)=O)cc1. The van der Waals surface area contributed by atoms with Crippen LogP contribution in [0.4, 0.5) is 10.5 Å². The fourth-order valence-corrected chi connectivity index (χ4v) is 2.53. The highest BCUT2D eigenvalue weighted by atomic mass is 16.7. The Labute approximate surface area is 150 Å². The minimum absolute atomic E-state index is 0.188. The minimum atomic E-state index is -0.618. The number of benzene rings is 2. The normalized spacial score (nSPS) is 13.4. The van der Waals surface area contributed by atoms with Gasteiger partial charge in [0, 0.05) is 11.8 Å². The summed E-state index contributed by atoms with van der Waals surface area (Å²) in [6, 6.07) is 11.8. The van der Waals surface area contributed by atoms with Crippen LogP contribution in [0.3, 0.4) is 0 Å². The highest BCUT2D eigenvalue weighted by Crippen LogP contribution is 2.32. The van der Waals surface area contributed by atoms with Crippen molar-refractivity contribution < 1.29 is 19.1 Å². The molecule has 0 saturated heterocycles. The summed E-state index contributed by atoms with van der Waals surface area (Å²) in [6.45, 7) is 2.09. The van der Waals surface area contributed by atoms with E-state index in [1.165, 1.54) is 6.08 Å². The Hall–Kier alpha value is -3.48. The maximum absolute atomic E-state index is 12.1. The van der Waals surface area contributed by atoms with Crippen LogP contribution in [0.5, 0.6) is 11.5 Å². The van der Waals surface area contributed by atoms with E-state index in [2.05, 4.69) is 10.6 Å². The number of nitrogens with one attached hydrogen (secondary N) is 2. The number of urea groups is 1. The zero-order chi connectivity index (χ0) is 18.5. The molecular weight excluding hydrogens is 334 g/mol. The van der Waals surface area contributed by atoms with Crippen LogP contribution in [0.15, 0.2) is 48.5 Å². The van der Waals surface area contributed by atoms with Gasteiger partial charge in [-0.15, -0.1) is 0 Å². The number of rotatable bonds is 5. The Morgan fingerprint density at radius 1 is 1.12 bits per heavy atom. The number of hydrogen-bond acceptors (Lipinski definition) is 4. The summed E-state index contributed by atoms with van der Waals surface area (Å²) in [4.78, 5) is 22.9. The second kappa shape index (κ2) is 7.60. The van der Waals surface area contributed by atoms with Crippen LogP contribution in [-0.4, -0.2) is 18.7 Å². The standard InChI is InChI=1S/C19H19N3O4/c1-12(14-4-6-15(7-5-14)22-19(20)24)21-18(23)9-3-13-2-8-16-17(10-13)26-11-25-16/h2-10,12H,11H2,1H3,(H,21,23)(H3,20,22,24)/b9-3+/t12-/m0/s1. The van der Waals surface area contributed by atoms with E-state index < -0.39 is 6.03 Å². The molecule has 0 bridgehead atoms. The van der Waals surface area contributed by atoms with E-state index in [0.29, 0.717) is 17.2 Å². The summed E-state index contributed by atoms with van der Waals surface area (Å²) in [5.41, 5.74) is 7.42. The molecule has 0 aliphatic carbocycles. The van der Waals surface area contributed by atoms with Crippen molar-refractivity contribution in [3.05, 3.63) is 59.7 Å². The Bertz CT molecular complexity index is 846. The quantitative estimate of drug-likeness (QED) is 0.719. The van der Waals surface area contributed by atoms with Gasteiger partial charge in [-0.2, -0.15) is 0 Å². The summed E-state index contributed by atoms with van der Waals surface area (Å²) >= 11 is 0. The summed E-state index contributed by atoms with van der Waals surface area (Å²) in [7, 11) is 0. The molecule has 26 heavy (non-hydrogen) atoms. The molecule has 0 radical (unpaired) electrons. The Morgan fingerprint density at radius 3 is 2.58 bits per heavy atom. The van der Waals surface area contributed by atoms with E-state index in [1.54, 1.807) is 18.2 Å². The molecule has 7 nitrogen and oxygen atoms in total. The molecule has 3 amide bonds. The first kappa shape index (κ1) is 17.3. The number of carbonyl (C=O) groups is 2. The number of nitrogens with two attached hydrogens (primary N) is 1. The molecular formula is C19H19N3O4. The second-order valence-corrected chi connectivity index (χ2v) is 5.79. The lowest BCUT2D eigenvalue weighted by Crippen LogP contribution is -2.24. The summed E-state index contributed by atoms with van der Waals surface area (Å²) < 4.78 is 10.6. The molecule has 4 N–H and O–H groups in total. The van der Waals surface area contributed by atoms with E-state index in [0.717, 1.165) is 11.1 Å². The highest BCUT2D eigenvalue weighted by molar-refractivity contribution is 5.92. The Kier molecular flexibility index (Phi) is 5.07. The van der Waals surface area contributed by atoms with Crippen LogP contribution in [-0.2, 0) is 4.79 Å². The number of primary amides is 1. The average Bonchev–Trinajstić information content (AvgIpc) is 3.07. The van der Waals surface area contributed by atoms with Crippen LogP contribution in [0.1, 0.15) is 24.1 Å². The van der Waals surface area contributed by atoms with Crippen molar-refractivity contribution in [2.24, 2.45) is 5.73 Å². The fourth-order valence-electron chi connectivity index (χ4n) is 2.53. The van der Waals surface area contributed by atoms with Gasteiger partial charge < -0.3 is 25.8 Å². The average molecular weight is 353 g/mol. The van der Waals surface area contributed by atoms with Crippen molar-refractivity contribution in [1.29, 1.82) is 0 Å². The minimum Gasteiger partial charge on any atom is -0.454 e. The third-order valence-corrected chi connectivity index (χ3v) is 3.86. The number of amides is 3. The molecule has 1 aliphatic heterocycles. The molecule has 2 aromatic rings. The van der Waals surface area contributed by atoms with Crippen molar-refractivity contribution in [1.82, 2.24) is 5.32 Å². The monoisotopic (exact) mass is 353 g/mol. The molecule has 2 aromatic carbocycles. The zero-order valence-electron chi connectivity index (χ0n) is 14.2. The summed E-state index contributed by atoms with van der Waals surface area (Å²) in [5, 5.41) is 5.37. The predicted octanol–water partition coefficient (Wildman–Crippen LogP) is 2.80. The molecule has 0 saturated carbocycles. The van der Waals surface area contributed by atoms with Gasteiger partial charge in [0.25, 0.3) is 0 Å². The maximum atomic E-state index is 12.1. The van der Waals surface area contributed by atoms with Gasteiger partial charge in [0.05, 0.1) is 6.04 Å². The summed E-state index contributed by atoms with van der Waals surface area (Å²) in [5.74, 6) is 1.16. The summed E-state index contributed by atoms with van der Waals surface area (Å²) in [6.07, 6.45) is 3.18. The Balaban J connectivity index is 1.57. The molecule has 0 spiro atoms. The third-order valence-electron chi connectivity index (χ3n) is 3.86. The number of anilines is 1. The van der Waals surface area contributed by atoms with Gasteiger partial charge >= 0.3 is 6.03 Å². The molecule has 0 aromatic heterocycles. The molecule has 3 rings (SSSR count). The van der Waals surface area contributed by atoms with Gasteiger partial charge in [0.1, 0.15) is 0 Å². The second-order valence-electron chi connectivity index (χ2n) is 5.79. The van der Waals surface area contributed by atoms with Crippen molar-refractivity contribution in [2.75, 3.05) is 12.1 Å². The molecule has 1 aliphatic rings. The van der Waals surface area contributed by atoms with Gasteiger partial charge in [-0.1, -0.05) is 18.2 Å². The van der Waals surface area contributed by atoms with Crippen molar-refractivity contribution in [3.63, 3.8) is 0 Å². The number of ether oxygens (including phenoxy) is 2. The largest absolute Gasteiger partial charge is 0.454 e. The molecule has 7 heteroatoms. The molecule has 1 heterocycles. The first-order valence-corrected chi connectivity index (χ1v) is 8.06. The smallest absolute Gasteiger partial charge is 0.316 e. The van der Waals surface area contributed by atoms with Crippen molar-refractivity contribution in [2.45, 2.75) is 13.0 Å². The van der Waals surface area contributed by atoms with Gasteiger partial charge in [0.15, 0.2) is 11.5 Å². The number of fused-ring (bicyclic) bond motifs is 1. The third kappa shape index (κ3) is 4.32. The van der Waals surface area contributed by atoms with Crippen LogP contribution in [0, 0.1) is 0 Å². The van der Waals surface area contributed by atoms with E-state index in [4.69, 9.17) is 15.2 Å². The van der Waals surface area contributed by atoms with E-state index in [1.807, 2.05) is 37.3 Å². The Morgan fingerprint density at radius 2 is 1.85 bits per heavy atom. The van der Waals surface area contributed by atoms with E-state index >= 15 is 0 Å².